The molecule has 80 valence electrons. The van der Waals surface area contributed by atoms with Gasteiger partial charge in [-0.15, -0.1) is 15.2 Å². The van der Waals surface area contributed by atoms with Crippen LogP contribution in [0.2, 0.25) is 0 Å². The SMILES string of the molecule is Nc1sc(S(=O)(=O)F)cc1S(=O)(=O)F. The second kappa shape index (κ2) is 3.14. The van der Waals surface area contributed by atoms with Gasteiger partial charge in [0.1, 0.15) is 9.90 Å². The first-order valence-electron chi connectivity index (χ1n) is 2.91. The van der Waals surface area contributed by atoms with Crippen LogP contribution in [0.15, 0.2) is 15.2 Å². The van der Waals surface area contributed by atoms with Crippen LogP contribution in [0.3, 0.4) is 0 Å². The lowest BCUT2D eigenvalue weighted by atomic mass is 10.6. The van der Waals surface area contributed by atoms with Gasteiger partial charge in [0.05, 0.1) is 0 Å². The summed E-state index contributed by atoms with van der Waals surface area (Å²) in [6, 6.07) is 0.338. The third kappa shape index (κ3) is 2.19. The monoisotopic (exact) mass is 263 g/mol. The highest BCUT2D eigenvalue weighted by Gasteiger charge is 2.25. The summed E-state index contributed by atoms with van der Waals surface area (Å²) in [6.45, 7) is 0. The van der Waals surface area contributed by atoms with Crippen LogP contribution in [0.4, 0.5) is 12.8 Å². The molecule has 0 aromatic carbocycles. The van der Waals surface area contributed by atoms with Gasteiger partial charge in [0, 0.05) is 0 Å². The Morgan fingerprint density at radius 2 is 1.64 bits per heavy atom. The zero-order chi connectivity index (χ0) is 11.1. The number of nitrogens with two attached hydrogens (primary N) is 1. The van der Waals surface area contributed by atoms with Gasteiger partial charge in [0.2, 0.25) is 0 Å². The maximum Gasteiger partial charge on any atom is 0.341 e. The highest BCUT2D eigenvalue weighted by Crippen LogP contribution is 2.33. The largest absolute Gasteiger partial charge is 0.389 e. The summed E-state index contributed by atoms with van der Waals surface area (Å²) < 4.78 is 65.0. The highest BCUT2D eigenvalue weighted by molar-refractivity contribution is 7.89. The van der Waals surface area contributed by atoms with Gasteiger partial charge in [0.25, 0.3) is 0 Å². The van der Waals surface area contributed by atoms with Gasteiger partial charge < -0.3 is 5.73 Å². The van der Waals surface area contributed by atoms with E-state index in [4.69, 9.17) is 5.73 Å². The van der Waals surface area contributed by atoms with E-state index in [-0.39, 0.29) is 11.3 Å². The molecule has 5 nitrogen and oxygen atoms in total. The normalized spacial score (nSPS) is 13.0. The summed E-state index contributed by atoms with van der Waals surface area (Å²) in [4.78, 5) is -1.03. The first-order valence-corrected chi connectivity index (χ1v) is 6.49. The Kier molecular flexibility index (Phi) is 2.54. The molecular weight excluding hydrogens is 260 g/mol. The van der Waals surface area contributed by atoms with Gasteiger partial charge in [-0.05, 0) is 6.07 Å². The van der Waals surface area contributed by atoms with Crippen molar-refractivity contribution in [2.24, 2.45) is 0 Å². The minimum Gasteiger partial charge on any atom is -0.389 e. The fraction of sp³-hybridized carbons (Fsp3) is 0. The molecule has 2 N–H and O–H groups in total. The third-order valence-electron chi connectivity index (χ3n) is 1.21. The van der Waals surface area contributed by atoms with E-state index in [2.05, 4.69) is 0 Å². The van der Waals surface area contributed by atoms with E-state index in [0.29, 0.717) is 6.07 Å². The second-order valence-electron chi connectivity index (χ2n) is 2.17. The number of nitrogen functional groups attached to an aromatic ring is 1. The van der Waals surface area contributed by atoms with E-state index >= 15 is 0 Å². The molecule has 0 fully saturated rings. The average molecular weight is 263 g/mol. The van der Waals surface area contributed by atoms with Crippen LogP contribution in [0.5, 0.6) is 0 Å². The molecule has 0 atom stereocenters. The summed E-state index contributed by atoms with van der Waals surface area (Å²) in [5, 5.41) is -0.608. The smallest absolute Gasteiger partial charge is 0.341 e. The molecule has 1 heterocycles. The van der Waals surface area contributed by atoms with Gasteiger partial charge >= 0.3 is 20.4 Å². The molecule has 0 aliphatic rings. The zero-order valence-corrected chi connectivity index (χ0v) is 8.72. The van der Waals surface area contributed by atoms with Crippen molar-refractivity contribution >= 4 is 36.8 Å². The predicted octanol–water partition coefficient (Wildman–Crippen LogP) is 0.647. The molecule has 1 rings (SSSR count). The summed E-state index contributed by atoms with van der Waals surface area (Å²) >= 11 is 0.144. The van der Waals surface area contributed by atoms with Crippen LogP contribution in [0.1, 0.15) is 0 Å². The highest BCUT2D eigenvalue weighted by atomic mass is 32.3. The molecule has 0 amide bonds. The Bertz CT molecular complexity index is 557. The number of rotatable bonds is 2. The fourth-order valence-electron chi connectivity index (χ4n) is 0.677. The van der Waals surface area contributed by atoms with E-state index in [9.17, 15) is 24.6 Å². The number of halogens is 2. The van der Waals surface area contributed by atoms with Crippen molar-refractivity contribution in [1.29, 1.82) is 0 Å². The Morgan fingerprint density at radius 1 is 1.14 bits per heavy atom. The van der Waals surface area contributed by atoms with Crippen molar-refractivity contribution in [2.75, 3.05) is 5.73 Å². The molecule has 1 aromatic rings. The zero-order valence-electron chi connectivity index (χ0n) is 6.27. The first kappa shape index (κ1) is 11.3. The Morgan fingerprint density at radius 3 is 1.86 bits per heavy atom. The summed E-state index contributed by atoms with van der Waals surface area (Å²) in [6.07, 6.45) is 0. The summed E-state index contributed by atoms with van der Waals surface area (Å²) in [5.74, 6) is 0. The number of anilines is 1. The molecule has 0 saturated heterocycles. The Labute approximate surface area is 82.6 Å². The standard InChI is InChI=1S/C4H3F2NO4S3/c5-13(8,9)2-1-3(12-4(2)7)14(6,10)11/h1H,7H2. The fourth-order valence-corrected chi connectivity index (χ4v) is 3.23. The van der Waals surface area contributed by atoms with E-state index < -0.39 is 34.6 Å². The number of hydrogen-bond acceptors (Lipinski definition) is 6. The molecule has 10 heteroatoms. The molecule has 0 spiro atoms. The average Bonchev–Trinajstić information content (AvgIpc) is 2.27. The maximum absolute atomic E-state index is 12.4. The van der Waals surface area contributed by atoms with Gasteiger partial charge in [-0.2, -0.15) is 16.8 Å². The van der Waals surface area contributed by atoms with Crippen molar-refractivity contribution in [3.63, 3.8) is 0 Å². The van der Waals surface area contributed by atoms with Crippen molar-refractivity contribution in [2.45, 2.75) is 9.10 Å². The minimum atomic E-state index is -5.12. The molecular formula is C4H3F2NO4S3. The van der Waals surface area contributed by atoms with Gasteiger partial charge in [-0.3, -0.25) is 0 Å². The lowest BCUT2D eigenvalue weighted by molar-refractivity contribution is 0.552. The van der Waals surface area contributed by atoms with Gasteiger partial charge in [-0.25, -0.2) is 0 Å². The molecule has 0 saturated carbocycles. The quantitative estimate of drug-likeness (QED) is 0.790. The van der Waals surface area contributed by atoms with E-state index in [1.807, 2.05) is 0 Å². The lowest BCUT2D eigenvalue weighted by Gasteiger charge is -1.88. The van der Waals surface area contributed by atoms with Crippen LogP contribution < -0.4 is 5.73 Å². The molecule has 14 heavy (non-hydrogen) atoms. The minimum absolute atomic E-state index is 0.144. The number of thiophene rings is 1. The topological polar surface area (TPSA) is 94.3 Å². The first-order chi connectivity index (χ1) is 6.12. The van der Waals surface area contributed by atoms with Crippen LogP contribution >= 0.6 is 11.3 Å². The Balaban J connectivity index is 3.49. The van der Waals surface area contributed by atoms with E-state index in [0.717, 1.165) is 0 Å². The van der Waals surface area contributed by atoms with Crippen molar-refractivity contribution in [3.8, 4) is 0 Å². The third-order valence-corrected chi connectivity index (χ3v) is 4.40. The van der Waals surface area contributed by atoms with Crippen molar-refractivity contribution < 1.29 is 24.6 Å². The molecule has 0 aliphatic heterocycles. The maximum atomic E-state index is 12.4. The summed E-state index contributed by atoms with van der Waals surface area (Å²) in [7, 11) is -10.2. The predicted molar refractivity (Wildman–Crippen MR) is 45.3 cm³/mol. The van der Waals surface area contributed by atoms with Crippen LogP contribution in [0.25, 0.3) is 0 Å². The van der Waals surface area contributed by atoms with E-state index in [1.165, 1.54) is 0 Å². The van der Waals surface area contributed by atoms with E-state index in [1.54, 1.807) is 0 Å². The molecule has 0 radical (unpaired) electrons. The second-order valence-corrected chi connectivity index (χ2v) is 6.14. The Hall–Kier alpha value is -0.740. The molecule has 1 aromatic heterocycles. The van der Waals surface area contributed by atoms with Gasteiger partial charge in [0.15, 0.2) is 4.21 Å². The van der Waals surface area contributed by atoms with Crippen LogP contribution in [-0.4, -0.2) is 16.8 Å². The van der Waals surface area contributed by atoms with Crippen molar-refractivity contribution in [3.05, 3.63) is 6.07 Å². The van der Waals surface area contributed by atoms with Crippen molar-refractivity contribution in [1.82, 2.24) is 0 Å². The summed E-state index contributed by atoms with van der Waals surface area (Å²) in [5.41, 5.74) is 4.99. The van der Waals surface area contributed by atoms with Crippen LogP contribution in [0, 0.1) is 0 Å². The molecule has 0 aliphatic carbocycles. The molecule has 0 unspecified atom stereocenters. The van der Waals surface area contributed by atoms with Gasteiger partial charge in [-0.1, -0.05) is 3.89 Å². The lowest BCUT2D eigenvalue weighted by Crippen LogP contribution is -1.93. The molecule has 0 bridgehead atoms. The number of hydrogen-bond donors (Lipinski definition) is 1. The van der Waals surface area contributed by atoms with Crippen LogP contribution in [-0.2, 0) is 20.4 Å².